The van der Waals surface area contributed by atoms with Crippen molar-refractivity contribution in [1.82, 2.24) is 0 Å². The highest BCUT2D eigenvalue weighted by atomic mass is 16.3. The van der Waals surface area contributed by atoms with Gasteiger partial charge < -0.3 is 9.52 Å². The number of Topliss-reactive ketones (excluding diaryl/α,β-unsaturated/α-hetero) is 3. The maximum absolute atomic E-state index is 12.2. The molecule has 1 saturated carbocycles. The minimum Gasteiger partial charge on any atom is -0.469 e. The summed E-state index contributed by atoms with van der Waals surface area (Å²) in [5, 5.41) is 10.4. The predicted molar refractivity (Wildman–Crippen MR) is 70.0 cm³/mol. The van der Waals surface area contributed by atoms with E-state index in [1.54, 1.807) is 12.1 Å². The van der Waals surface area contributed by atoms with Crippen LogP contribution in [-0.4, -0.2) is 28.1 Å². The minimum absolute atomic E-state index is 0.196. The molecule has 1 aromatic heterocycles. The van der Waals surface area contributed by atoms with Crippen molar-refractivity contribution in [3.8, 4) is 0 Å². The molecule has 0 saturated heterocycles. The number of rotatable bonds is 3. The number of furan rings is 1. The Balaban J connectivity index is 2.58. The Morgan fingerprint density at radius 2 is 2.00 bits per heavy atom. The first-order valence-electron chi connectivity index (χ1n) is 6.55. The Morgan fingerprint density at radius 3 is 2.45 bits per heavy atom. The third-order valence-corrected chi connectivity index (χ3v) is 4.01. The summed E-state index contributed by atoms with van der Waals surface area (Å²) in [5.41, 5.74) is -1.47. The van der Waals surface area contributed by atoms with Crippen LogP contribution in [0.3, 0.4) is 0 Å². The molecule has 0 radical (unpaired) electrons. The molecule has 1 aromatic rings. The van der Waals surface area contributed by atoms with Crippen LogP contribution in [0.4, 0.5) is 0 Å². The smallest absolute Gasteiger partial charge is 0.146 e. The van der Waals surface area contributed by atoms with E-state index in [1.807, 2.05) is 0 Å². The summed E-state index contributed by atoms with van der Waals surface area (Å²) >= 11 is 0. The van der Waals surface area contributed by atoms with Gasteiger partial charge in [0.25, 0.3) is 0 Å². The fourth-order valence-corrected chi connectivity index (χ4v) is 3.33. The van der Waals surface area contributed by atoms with Crippen LogP contribution in [0.15, 0.2) is 22.8 Å². The van der Waals surface area contributed by atoms with E-state index in [2.05, 4.69) is 0 Å². The number of aliphatic hydroxyl groups is 1. The van der Waals surface area contributed by atoms with Gasteiger partial charge in [0.2, 0.25) is 0 Å². The van der Waals surface area contributed by atoms with Gasteiger partial charge >= 0.3 is 0 Å². The van der Waals surface area contributed by atoms with Gasteiger partial charge in [-0.15, -0.1) is 0 Å². The summed E-state index contributed by atoms with van der Waals surface area (Å²) in [6.07, 6.45) is 1.23. The lowest BCUT2D eigenvalue weighted by atomic mass is 9.61. The zero-order chi connectivity index (χ0) is 15.1. The van der Waals surface area contributed by atoms with Gasteiger partial charge in [-0.05, 0) is 32.9 Å². The van der Waals surface area contributed by atoms with E-state index in [4.69, 9.17) is 4.42 Å². The van der Waals surface area contributed by atoms with Gasteiger partial charge in [-0.25, -0.2) is 0 Å². The Labute approximate surface area is 117 Å². The summed E-state index contributed by atoms with van der Waals surface area (Å²) in [6, 6.07) is 3.27. The summed E-state index contributed by atoms with van der Waals surface area (Å²) in [6.45, 7) is 4.15. The normalized spacial score (nSPS) is 34.0. The van der Waals surface area contributed by atoms with E-state index < -0.39 is 23.4 Å². The molecule has 0 unspecified atom stereocenters. The fourth-order valence-electron chi connectivity index (χ4n) is 3.33. The molecule has 0 aliphatic heterocycles. The predicted octanol–water partition coefficient (Wildman–Crippen LogP) is 1.50. The van der Waals surface area contributed by atoms with Crippen molar-refractivity contribution in [2.75, 3.05) is 0 Å². The second-order valence-electron chi connectivity index (χ2n) is 5.72. The number of hydrogen-bond acceptors (Lipinski definition) is 5. The first-order valence-corrected chi connectivity index (χ1v) is 6.55. The van der Waals surface area contributed by atoms with Crippen molar-refractivity contribution in [2.24, 2.45) is 11.8 Å². The van der Waals surface area contributed by atoms with Gasteiger partial charge in [0.1, 0.15) is 23.1 Å². The molecule has 0 aromatic carbocycles. The van der Waals surface area contributed by atoms with Crippen LogP contribution in [0.1, 0.15) is 38.9 Å². The van der Waals surface area contributed by atoms with Gasteiger partial charge in [0.15, 0.2) is 0 Å². The molecule has 0 bridgehead atoms. The van der Waals surface area contributed by atoms with Crippen LogP contribution >= 0.6 is 0 Å². The Bertz CT molecular complexity index is 541. The number of carbonyl (C=O) groups is 3. The van der Waals surface area contributed by atoms with Gasteiger partial charge in [0.05, 0.1) is 23.7 Å². The molecule has 1 N–H and O–H groups in total. The van der Waals surface area contributed by atoms with Crippen molar-refractivity contribution in [2.45, 2.75) is 38.7 Å². The van der Waals surface area contributed by atoms with Crippen molar-refractivity contribution in [3.05, 3.63) is 24.2 Å². The van der Waals surface area contributed by atoms with Crippen molar-refractivity contribution in [1.29, 1.82) is 0 Å². The highest BCUT2D eigenvalue weighted by Crippen LogP contribution is 2.46. The topological polar surface area (TPSA) is 84.6 Å². The third kappa shape index (κ3) is 2.33. The van der Waals surface area contributed by atoms with Gasteiger partial charge in [-0.1, -0.05) is 0 Å². The van der Waals surface area contributed by atoms with Crippen LogP contribution < -0.4 is 0 Å². The molecule has 4 atom stereocenters. The Morgan fingerprint density at radius 1 is 1.35 bits per heavy atom. The van der Waals surface area contributed by atoms with Crippen molar-refractivity contribution < 1.29 is 23.9 Å². The molecule has 20 heavy (non-hydrogen) atoms. The summed E-state index contributed by atoms with van der Waals surface area (Å²) in [4.78, 5) is 36.0. The SMILES string of the molecule is CC(=O)[C@@H]1C(=O)C[C@](C)(O)[C@H](C(C)=O)[C@H]1c1ccco1. The van der Waals surface area contributed by atoms with E-state index in [0.717, 1.165) is 0 Å². The molecular formula is C15H18O5. The van der Waals surface area contributed by atoms with Crippen molar-refractivity contribution >= 4 is 17.3 Å². The lowest BCUT2D eigenvalue weighted by molar-refractivity contribution is -0.152. The zero-order valence-corrected chi connectivity index (χ0v) is 11.8. The molecule has 1 aliphatic carbocycles. The number of carbonyl (C=O) groups excluding carboxylic acids is 3. The first-order chi connectivity index (χ1) is 9.25. The fraction of sp³-hybridized carbons (Fsp3) is 0.533. The monoisotopic (exact) mass is 278 g/mol. The molecule has 1 heterocycles. The van der Waals surface area contributed by atoms with Crippen LogP contribution in [0.25, 0.3) is 0 Å². The van der Waals surface area contributed by atoms with Gasteiger partial charge in [-0.3, -0.25) is 14.4 Å². The Hall–Kier alpha value is -1.75. The van der Waals surface area contributed by atoms with Gasteiger partial charge in [-0.2, -0.15) is 0 Å². The molecule has 2 rings (SSSR count). The van der Waals surface area contributed by atoms with Crippen LogP contribution in [0.2, 0.25) is 0 Å². The molecule has 0 amide bonds. The molecule has 5 heteroatoms. The van der Waals surface area contributed by atoms with Crippen LogP contribution in [0, 0.1) is 11.8 Å². The molecular weight excluding hydrogens is 260 g/mol. The Kier molecular flexibility index (Phi) is 3.65. The first kappa shape index (κ1) is 14.7. The van der Waals surface area contributed by atoms with E-state index in [9.17, 15) is 19.5 Å². The van der Waals surface area contributed by atoms with E-state index in [1.165, 1.54) is 27.0 Å². The highest BCUT2D eigenvalue weighted by Gasteiger charge is 2.54. The second-order valence-corrected chi connectivity index (χ2v) is 5.72. The highest BCUT2D eigenvalue weighted by molar-refractivity contribution is 6.04. The van der Waals surface area contributed by atoms with Crippen LogP contribution in [0.5, 0.6) is 0 Å². The largest absolute Gasteiger partial charge is 0.469 e. The zero-order valence-electron chi connectivity index (χ0n) is 11.8. The van der Waals surface area contributed by atoms with E-state index in [0.29, 0.717) is 5.76 Å². The lowest BCUT2D eigenvalue weighted by Crippen LogP contribution is -2.53. The van der Waals surface area contributed by atoms with Gasteiger partial charge in [0, 0.05) is 12.3 Å². The van der Waals surface area contributed by atoms with Crippen molar-refractivity contribution in [3.63, 3.8) is 0 Å². The summed E-state index contributed by atoms with van der Waals surface area (Å²) < 4.78 is 5.31. The van der Waals surface area contributed by atoms with Crippen LogP contribution in [-0.2, 0) is 14.4 Å². The molecule has 0 spiro atoms. The minimum atomic E-state index is -1.47. The lowest BCUT2D eigenvalue weighted by Gasteiger charge is -2.43. The third-order valence-electron chi connectivity index (χ3n) is 4.01. The summed E-state index contributed by atoms with van der Waals surface area (Å²) in [5.74, 6) is -3.03. The maximum atomic E-state index is 12.2. The van der Waals surface area contributed by atoms with E-state index >= 15 is 0 Å². The summed E-state index contributed by atoms with van der Waals surface area (Å²) in [7, 11) is 0. The number of hydrogen-bond donors (Lipinski definition) is 1. The average Bonchev–Trinajstić information content (AvgIpc) is 2.77. The molecule has 108 valence electrons. The standard InChI is InChI=1S/C15H18O5/c1-8(16)12-10(18)7-15(3,19)14(9(2)17)13(12)11-5-4-6-20-11/h4-6,12-14,19H,7H2,1-3H3/t12-,13+,14-,15+/m1/s1. The maximum Gasteiger partial charge on any atom is 0.146 e. The molecule has 5 nitrogen and oxygen atoms in total. The average molecular weight is 278 g/mol. The van der Waals surface area contributed by atoms with E-state index in [-0.39, 0.29) is 23.8 Å². The molecule has 1 fully saturated rings. The molecule has 1 aliphatic rings. The number of ketones is 3. The second kappa shape index (κ2) is 4.98. The quantitative estimate of drug-likeness (QED) is 0.847.